The van der Waals surface area contributed by atoms with Crippen LogP contribution in [-0.4, -0.2) is 97.6 Å². The van der Waals surface area contributed by atoms with Gasteiger partial charge in [-0.3, -0.25) is 19.4 Å². The first-order chi connectivity index (χ1) is 15.2. The highest BCUT2D eigenvalue weighted by Gasteiger charge is 2.34. The molecule has 1 atom stereocenters. The smallest absolute Gasteiger partial charge is 0.237 e. The van der Waals surface area contributed by atoms with Crippen molar-refractivity contribution in [2.24, 2.45) is 0 Å². The molecule has 0 aliphatic carbocycles. The number of piperidine rings is 1. The van der Waals surface area contributed by atoms with Gasteiger partial charge in [-0.1, -0.05) is 42.5 Å². The summed E-state index contributed by atoms with van der Waals surface area (Å²) in [5.74, 6) is 0.0652. The summed E-state index contributed by atoms with van der Waals surface area (Å²) < 4.78 is 5.45. The lowest BCUT2D eigenvalue weighted by Crippen LogP contribution is -2.57. The quantitative estimate of drug-likeness (QED) is 0.741. The SMILES string of the molecule is O=C1NCCN(C/C=C/c2ccccc2)C1CC(=O)N1CCC(N2CCOCC2)CC1. The van der Waals surface area contributed by atoms with Crippen LogP contribution >= 0.6 is 0 Å². The highest BCUT2D eigenvalue weighted by atomic mass is 16.5. The zero-order valence-corrected chi connectivity index (χ0v) is 18.2. The highest BCUT2D eigenvalue weighted by molar-refractivity contribution is 5.89. The summed E-state index contributed by atoms with van der Waals surface area (Å²) in [6.07, 6.45) is 6.42. The zero-order valence-electron chi connectivity index (χ0n) is 18.2. The van der Waals surface area contributed by atoms with Gasteiger partial charge in [0.25, 0.3) is 0 Å². The van der Waals surface area contributed by atoms with E-state index in [2.05, 4.69) is 39.4 Å². The van der Waals surface area contributed by atoms with Gasteiger partial charge in [0.1, 0.15) is 0 Å². The van der Waals surface area contributed by atoms with Crippen molar-refractivity contribution in [2.45, 2.75) is 31.3 Å². The third-order valence-corrected chi connectivity index (χ3v) is 6.64. The third kappa shape index (κ3) is 5.93. The van der Waals surface area contributed by atoms with Crippen molar-refractivity contribution >= 4 is 17.9 Å². The van der Waals surface area contributed by atoms with Gasteiger partial charge in [-0.05, 0) is 18.4 Å². The van der Waals surface area contributed by atoms with E-state index in [0.717, 1.165) is 64.3 Å². The molecular formula is C24H34N4O3. The van der Waals surface area contributed by atoms with Crippen LogP contribution in [0.3, 0.4) is 0 Å². The molecule has 3 saturated heterocycles. The first-order valence-electron chi connectivity index (χ1n) is 11.5. The lowest BCUT2D eigenvalue weighted by molar-refractivity contribution is -0.139. The van der Waals surface area contributed by atoms with Crippen LogP contribution < -0.4 is 5.32 Å². The highest BCUT2D eigenvalue weighted by Crippen LogP contribution is 2.20. The van der Waals surface area contributed by atoms with E-state index in [0.29, 0.717) is 19.1 Å². The average molecular weight is 427 g/mol. The number of amides is 2. The molecule has 0 spiro atoms. The van der Waals surface area contributed by atoms with Gasteiger partial charge in [0, 0.05) is 51.9 Å². The number of hydrogen-bond acceptors (Lipinski definition) is 5. The molecule has 2 amide bonds. The minimum atomic E-state index is -0.390. The van der Waals surface area contributed by atoms with Crippen molar-refractivity contribution in [1.82, 2.24) is 20.0 Å². The average Bonchev–Trinajstić information content (AvgIpc) is 2.82. The summed E-state index contributed by atoms with van der Waals surface area (Å²) >= 11 is 0. The Balaban J connectivity index is 1.29. The van der Waals surface area contributed by atoms with Gasteiger partial charge in [-0.15, -0.1) is 0 Å². The summed E-state index contributed by atoms with van der Waals surface area (Å²) in [7, 11) is 0. The van der Waals surface area contributed by atoms with E-state index in [1.54, 1.807) is 0 Å². The van der Waals surface area contributed by atoms with E-state index >= 15 is 0 Å². The number of carbonyl (C=O) groups is 2. The van der Waals surface area contributed by atoms with Crippen molar-refractivity contribution in [3.05, 3.63) is 42.0 Å². The van der Waals surface area contributed by atoms with Crippen LogP contribution in [0.15, 0.2) is 36.4 Å². The van der Waals surface area contributed by atoms with Crippen molar-refractivity contribution < 1.29 is 14.3 Å². The Morgan fingerprint density at radius 2 is 1.81 bits per heavy atom. The first kappa shape index (κ1) is 22.0. The largest absolute Gasteiger partial charge is 0.379 e. The molecule has 1 aromatic carbocycles. The molecule has 168 valence electrons. The van der Waals surface area contributed by atoms with Crippen LogP contribution in [0.1, 0.15) is 24.8 Å². The van der Waals surface area contributed by atoms with Gasteiger partial charge in [-0.25, -0.2) is 0 Å². The van der Waals surface area contributed by atoms with E-state index in [1.807, 2.05) is 23.1 Å². The fourth-order valence-electron chi connectivity index (χ4n) is 4.81. The first-order valence-corrected chi connectivity index (χ1v) is 11.5. The zero-order chi connectivity index (χ0) is 21.5. The van der Waals surface area contributed by atoms with Crippen molar-refractivity contribution in [3.8, 4) is 0 Å². The summed E-state index contributed by atoms with van der Waals surface area (Å²) in [5.41, 5.74) is 1.14. The molecule has 3 aliphatic rings. The fraction of sp³-hybridized carbons (Fsp3) is 0.583. The van der Waals surface area contributed by atoms with E-state index in [9.17, 15) is 9.59 Å². The molecule has 3 fully saturated rings. The topological polar surface area (TPSA) is 65.1 Å². The van der Waals surface area contributed by atoms with Gasteiger partial charge < -0.3 is 15.0 Å². The molecule has 4 rings (SSSR count). The molecule has 0 radical (unpaired) electrons. The number of likely N-dealkylation sites (tertiary alicyclic amines) is 1. The van der Waals surface area contributed by atoms with Crippen LogP contribution in [0.2, 0.25) is 0 Å². The predicted octanol–water partition coefficient (Wildman–Crippen LogP) is 1.21. The molecule has 0 aromatic heterocycles. The second kappa shape index (κ2) is 10.9. The maximum Gasteiger partial charge on any atom is 0.237 e. The lowest BCUT2D eigenvalue weighted by Gasteiger charge is -2.41. The van der Waals surface area contributed by atoms with E-state index in [-0.39, 0.29) is 18.2 Å². The van der Waals surface area contributed by atoms with Crippen LogP contribution in [0.4, 0.5) is 0 Å². The van der Waals surface area contributed by atoms with Gasteiger partial charge in [0.05, 0.1) is 25.7 Å². The monoisotopic (exact) mass is 426 g/mol. The number of benzene rings is 1. The van der Waals surface area contributed by atoms with Crippen LogP contribution in [0.25, 0.3) is 6.08 Å². The molecule has 0 saturated carbocycles. The number of nitrogens with one attached hydrogen (secondary N) is 1. The predicted molar refractivity (Wildman–Crippen MR) is 120 cm³/mol. The molecule has 0 bridgehead atoms. The molecule has 31 heavy (non-hydrogen) atoms. The Hall–Kier alpha value is -2.22. The minimum absolute atomic E-state index is 0.0316. The van der Waals surface area contributed by atoms with Gasteiger partial charge in [0.15, 0.2) is 0 Å². The standard InChI is InChI=1S/C24H34N4O3/c29-23(28-12-8-21(9-13-28)26-15-17-31-18-16-26)19-22-24(30)25-10-14-27(22)11-4-7-20-5-2-1-3-6-20/h1-7,21-22H,8-19H2,(H,25,30)/b7-4+. The Kier molecular flexibility index (Phi) is 7.72. The summed E-state index contributed by atoms with van der Waals surface area (Å²) in [6.45, 7) is 7.23. The molecule has 7 nitrogen and oxygen atoms in total. The Labute approximate surface area is 185 Å². The molecular weight excluding hydrogens is 392 g/mol. The van der Waals surface area contributed by atoms with Gasteiger partial charge in [0.2, 0.25) is 11.8 Å². The van der Waals surface area contributed by atoms with E-state index < -0.39 is 6.04 Å². The number of piperazine rings is 1. The van der Waals surface area contributed by atoms with E-state index in [4.69, 9.17) is 4.74 Å². The molecule has 1 unspecified atom stereocenters. The molecule has 1 aromatic rings. The van der Waals surface area contributed by atoms with E-state index in [1.165, 1.54) is 0 Å². The van der Waals surface area contributed by atoms with Gasteiger partial charge >= 0.3 is 0 Å². The number of ether oxygens (including phenoxy) is 1. The molecule has 1 N–H and O–H groups in total. The third-order valence-electron chi connectivity index (χ3n) is 6.64. The van der Waals surface area contributed by atoms with Crippen LogP contribution in [0, 0.1) is 0 Å². The lowest BCUT2D eigenvalue weighted by atomic mass is 10.0. The number of nitrogens with zero attached hydrogens (tertiary/aromatic N) is 3. The van der Waals surface area contributed by atoms with Crippen molar-refractivity contribution in [2.75, 3.05) is 59.0 Å². The van der Waals surface area contributed by atoms with Crippen LogP contribution in [0.5, 0.6) is 0 Å². The van der Waals surface area contributed by atoms with Crippen LogP contribution in [-0.2, 0) is 14.3 Å². The summed E-state index contributed by atoms with van der Waals surface area (Å²) in [6, 6.07) is 10.3. The maximum atomic E-state index is 13.0. The summed E-state index contributed by atoms with van der Waals surface area (Å²) in [5, 5.41) is 2.93. The van der Waals surface area contributed by atoms with Gasteiger partial charge in [-0.2, -0.15) is 0 Å². The number of carbonyl (C=O) groups excluding carboxylic acids is 2. The summed E-state index contributed by atoms with van der Waals surface area (Å²) in [4.78, 5) is 32.1. The molecule has 7 heteroatoms. The number of morpholine rings is 1. The molecule has 3 heterocycles. The number of rotatable bonds is 6. The Morgan fingerprint density at radius 3 is 2.55 bits per heavy atom. The van der Waals surface area contributed by atoms with Crippen molar-refractivity contribution in [3.63, 3.8) is 0 Å². The van der Waals surface area contributed by atoms with Crippen molar-refractivity contribution in [1.29, 1.82) is 0 Å². The Bertz CT molecular complexity index is 755. The second-order valence-corrected chi connectivity index (χ2v) is 8.58. The second-order valence-electron chi connectivity index (χ2n) is 8.58. The number of hydrogen-bond donors (Lipinski definition) is 1. The fourth-order valence-corrected chi connectivity index (χ4v) is 4.81. The Morgan fingerprint density at radius 1 is 1.06 bits per heavy atom. The normalized spacial score (nSPS) is 24.5. The molecule has 3 aliphatic heterocycles. The maximum absolute atomic E-state index is 13.0. The minimum Gasteiger partial charge on any atom is -0.379 e.